The molecule has 0 bridgehead atoms. The minimum Gasteiger partial charge on any atom is -0.383 e. The van der Waals surface area contributed by atoms with Crippen molar-refractivity contribution in [3.63, 3.8) is 0 Å². The molecule has 0 aliphatic heterocycles. The van der Waals surface area contributed by atoms with Crippen LogP contribution in [-0.2, 0) is 14.8 Å². The average Bonchev–Trinajstić information content (AvgIpc) is 2.20. The summed E-state index contributed by atoms with van der Waals surface area (Å²) in [5, 5.41) is 3.04. The minimum absolute atomic E-state index is 0. The summed E-state index contributed by atoms with van der Waals surface area (Å²) in [5.74, 6) is 0.106. The Hall–Kier alpha value is -0.140. The lowest BCUT2D eigenvalue weighted by atomic mass is 10.5. The molecule has 0 spiro atoms. The second kappa shape index (κ2) is 11.3. The lowest BCUT2D eigenvalue weighted by Crippen LogP contribution is -2.34. The van der Waals surface area contributed by atoms with E-state index in [1.807, 2.05) is 0 Å². The first-order valence-electron chi connectivity index (χ1n) is 4.90. The Kier molecular flexibility index (Phi) is 12.9. The van der Waals surface area contributed by atoms with Gasteiger partial charge in [-0.15, -0.1) is 19.0 Å². The van der Waals surface area contributed by atoms with Crippen LogP contribution >= 0.6 is 12.4 Å². The second-order valence-corrected chi connectivity index (χ2v) is 4.96. The highest BCUT2D eigenvalue weighted by molar-refractivity contribution is 7.89. The number of nitrogens with one attached hydrogen (secondary N) is 2. The van der Waals surface area contributed by atoms with Gasteiger partial charge in [0.25, 0.3) is 0 Å². The summed E-state index contributed by atoms with van der Waals surface area (Å²) in [6, 6.07) is 0. The highest BCUT2D eigenvalue weighted by Gasteiger charge is 2.06. The molecule has 98 valence electrons. The predicted octanol–water partition coefficient (Wildman–Crippen LogP) is 0.140. The molecule has 0 saturated carbocycles. The number of hydrogen-bond acceptors (Lipinski definition) is 4. The Balaban J connectivity index is 0. The van der Waals surface area contributed by atoms with Gasteiger partial charge in [-0.3, -0.25) is 0 Å². The molecule has 0 rings (SSSR count). The third-order valence-corrected chi connectivity index (χ3v) is 3.11. The molecule has 0 aromatic heterocycles. The zero-order valence-electron chi connectivity index (χ0n) is 9.57. The van der Waals surface area contributed by atoms with Crippen molar-refractivity contribution in [2.45, 2.75) is 6.42 Å². The molecule has 0 aliphatic rings. The van der Waals surface area contributed by atoms with E-state index >= 15 is 0 Å². The molecule has 0 unspecified atom stereocenters. The number of methoxy groups -OCH3 is 1. The van der Waals surface area contributed by atoms with Gasteiger partial charge >= 0.3 is 0 Å². The molecule has 0 amide bonds. The molecule has 0 saturated heterocycles. The molecule has 5 nitrogen and oxygen atoms in total. The van der Waals surface area contributed by atoms with Crippen LogP contribution in [0.2, 0.25) is 0 Å². The van der Waals surface area contributed by atoms with Crippen molar-refractivity contribution in [3.05, 3.63) is 12.7 Å². The molecule has 0 fully saturated rings. The van der Waals surface area contributed by atoms with E-state index in [4.69, 9.17) is 4.74 Å². The molecule has 2 N–H and O–H groups in total. The zero-order valence-corrected chi connectivity index (χ0v) is 11.2. The zero-order chi connectivity index (χ0) is 11.6. The van der Waals surface area contributed by atoms with Gasteiger partial charge in [0.1, 0.15) is 0 Å². The average molecular weight is 273 g/mol. The van der Waals surface area contributed by atoms with Crippen molar-refractivity contribution >= 4 is 22.4 Å². The highest BCUT2D eigenvalue weighted by Crippen LogP contribution is 1.88. The van der Waals surface area contributed by atoms with Crippen LogP contribution < -0.4 is 10.0 Å². The van der Waals surface area contributed by atoms with E-state index in [1.165, 1.54) is 0 Å². The summed E-state index contributed by atoms with van der Waals surface area (Å²) in [4.78, 5) is 0. The predicted molar refractivity (Wildman–Crippen MR) is 68.6 cm³/mol. The third kappa shape index (κ3) is 11.9. The Labute approximate surface area is 104 Å². The van der Waals surface area contributed by atoms with E-state index in [0.717, 1.165) is 6.54 Å². The lowest BCUT2D eigenvalue weighted by molar-refractivity contribution is 0.199. The minimum atomic E-state index is -3.13. The summed E-state index contributed by atoms with van der Waals surface area (Å²) in [6.45, 7) is 5.84. The molecule has 7 heteroatoms. The third-order valence-electron chi connectivity index (χ3n) is 1.70. The standard InChI is InChI=1S/C9H20N2O3S.ClH/c1-3-4-9-15(12,13)11-6-5-10-7-8-14-2;/h3,10-11H,1,4-9H2,2H3;1H. The molecule has 16 heavy (non-hydrogen) atoms. The molecular formula is C9H21ClN2O3S. The Morgan fingerprint density at radius 1 is 1.31 bits per heavy atom. The normalized spacial score (nSPS) is 10.8. The molecule has 0 aromatic rings. The number of hydrogen-bond donors (Lipinski definition) is 2. The largest absolute Gasteiger partial charge is 0.383 e. The number of allylic oxidation sites excluding steroid dienone is 1. The van der Waals surface area contributed by atoms with Crippen molar-refractivity contribution in [1.29, 1.82) is 0 Å². The smallest absolute Gasteiger partial charge is 0.211 e. The van der Waals surface area contributed by atoms with E-state index in [-0.39, 0.29) is 18.2 Å². The second-order valence-electron chi connectivity index (χ2n) is 3.03. The van der Waals surface area contributed by atoms with Crippen molar-refractivity contribution in [2.75, 3.05) is 39.1 Å². The fourth-order valence-corrected chi connectivity index (χ4v) is 1.94. The van der Waals surface area contributed by atoms with Crippen molar-refractivity contribution in [1.82, 2.24) is 10.0 Å². The van der Waals surface area contributed by atoms with Crippen LogP contribution in [0.25, 0.3) is 0 Å². The number of rotatable bonds is 10. The van der Waals surface area contributed by atoms with Crippen LogP contribution in [-0.4, -0.2) is 47.5 Å². The van der Waals surface area contributed by atoms with Gasteiger partial charge in [-0.25, -0.2) is 13.1 Å². The van der Waals surface area contributed by atoms with Crippen LogP contribution in [0, 0.1) is 0 Å². The summed E-state index contributed by atoms with van der Waals surface area (Å²) >= 11 is 0. The Morgan fingerprint density at radius 2 is 2.00 bits per heavy atom. The molecule has 0 heterocycles. The Morgan fingerprint density at radius 3 is 2.56 bits per heavy atom. The van der Waals surface area contributed by atoms with Gasteiger partial charge in [0, 0.05) is 26.7 Å². The van der Waals surface area contributed by atoms with Crippen molar-refractivity contribution < 1.29 is 13.2 Å². The summed E-state index contributed by atoms with van der Waals surface area (Å²) in [5.41, 5.74) is 0. The monoisotopic (exact) mass is 272 g/mol. The molecule has 0 atom stereocenters. The van der Waals surface area contributed by atoms with Gasteiger partial charge in [-0.05, 0) is 6.42 Å². The highest BCUT2D eigenvalue weighted by atomic mass is 35.5. The molecule has 0 aromatic carbocycles. The van der Waals surface area contributed by atoms with E-state index in [2.05, 4.69) is 16.6 Å². The van der Waals surface area contributed by atoms with E-state index in [1.54, 1.807) is 13.2 Å². The fourth-order valence-electron chi connectivity index (χ4n) is 0.905. The summed E-state index contributed by atoms with van der Waals surface area (Å²) in [7, 11) is -1.50. The van der Waals surface area contributed by atoms with Gasteiger partial charge in [0.05, 0.1) is 12.4 Å². The quantitative estimate of drug-likeness (QED) is 0.439. The van der Waals surface area contributed by atoms with Crippen LogP contribution in [0.15, 0.2) is 12.7 Å². The van der Waals surface area contributed by atoms with Crippen molar-refractivity contribution in [2.24, 2.45) is 0 Å². The summed E-state index contributed by atoms with van der Waals surface area (Å²) in [6.07, 6.45) is 2.07. The Bertz CT molecular complexity index is 257. The van der Waals surface area contributed by atoms with Crippen molar-refractivity contribution in [3.8, 4) is 0 Å². The van der Waals surface area contributed by atoms with Gasteiger partial charge in [-0.1, -0.05) is 6.08 Å². The summed E-state index contributed by atoms with van der Waals surface area (Å²) < 4.78 is 29.9. The maximum absolute atomic E-state index is 11.3. The maximum Gasteiger partial charge on any atom is 0.211 e. The van der Waals surface area contributed by atoms with Gasteiger partial charge in [0.15, 0.2) is 0 Å². The van der Waals surface area contributed by atoms with Gasteiger partial charge in [-0.2, -0.15) is 0 Å². The topological polar surface area (TPSA) is 67.4 Å². The first-order chi connectivity index (χ1) is 7.12. The fraction of sp³-hybridized carbons (Fsp3) is 0.778. The lowest BCUT2D eigenvalue weighted by Gasteiger charge is -2.06. The van der Waals surface area contributed by atoms with Gasteiger partial charge in [0.2, 0.25) is 10.0 Å². The number of sulfonamides is 1. The van der Waals surface area contributed by atoms with Crippen LogP contribution in [0.4, 0.5) is 0 Å². The molecule has 0 radical (unpaired) electrons. The van der Waals surface area contributed by atoms with E-state index in [9.17, 15) is 8.42 Å². The number of ether oxygens (including phenoxy) is 1. The molecular weight excluding hydrogens is 252 g/mol. The van der Waals surface area contributed by atoms with Gasteiger partial charge < -0.3 is 10.1 Å². The maximum atomic E-state index is 11.3. The SMILES string of the molecule is C=CCCS(=O)(=O)NCCNCCOC.Cl. The number of halogens is 1. The van der Waals surface area contributed by atoms with Crippen LogP contribution in [0.1, 0.15) is 6.42 Å². The van der Waals surface area contributed by atoms with Crippen LogP contribution in [0.5, 0.6) is 0 Å². The first kappa shape index (κ1) is 18.2. The first-order valence-corrected chi connectivity index (χ1v) is 6.55. The molecule has 0 aliphatic carbocycles. The van der Waals surface area contributed by atoms with Crippen LogP contribution in [0.3, 0.4) is 0 Å². The van der Waals surface area contributed by atoms with E-state index < -0.39 is 10.0 Å². The van der Waals surface area contributed by atoms with E-state index in [0.29, 0.717) is 26.1 Å².